The van der Waals surface area contributed by atoms with Gasteiger partial charge in [-0.05, 0) is 23.6 Å². The molecule has 0 atom stereocenters. The molecule has 0 aliphatic carbocycles. The zero-order valence-electron chi connectivity index (χ0n) is 14.9. The van der Waals surface area contributed by atoms with Gasteiger partial charge in [-0.25, -0.2) is 4.79 Å². The average molecular weight is 338 g/mol. The Morgan fingerprint density at radius 1 is 1.04 bits per heavy atom. The van der Waals surface area contributed by atoms with Crippen LogP contribution in [0, 0.1) is 0 Å². The molecule has 0 spiro atoms. The second-order valence-corrected chi connectivity index (χ2v) is 6.43. The predicted octanol–water partition coefficient (Wildman–Crippen LogP) is 4.45. The molecule has 0 N–H and O–H groups in total. The Kier molecular flexibility index (Phi) is 5.94. The maximum absolute atomic E-state index is 12.5. The lowest BCUT2D eigenvalue weighted by Gasteiger charge is -2.24. The third kappa shape index (κ3) is 4.53. The molecule has 0 radical (unpaired) electrons. The molecule has 25 heavy (non-hydrogen) atoms. The molecule has 1 aliphatic rings. The molecule has 0 saturated carbocycles. The van der Waals surface area contributed by atoms with Crippen molar-refractivity contribution in [1.29, 1.82) is 0 Å². The third-order valence-corrected chi connectivity index (χ3v) is 4.58. The minimum Gasteiger partial charge on any atom is -0.445 e. The molecular weight excluding hydrogens is 312 g/mol. The lowest BCUT2D eigenvalue weighted by Crippen LogP contribution is -2.36. The van der Waals surface area contributed by atoms with E-state index in [0.717, 1.165) is 25.1 Å². The highest BCUT2D eigenvalue weighted by Crippen LogP contribution is 2.25. The number of unbranched alkanes of at least 4 members (excludes halogenated alkanes) is 1. The van der Waals surface area contributed by atoms with Gasteiger partial charge in [0.05, 0.1) is 6.54 Å². The summed E-state index contributed by atoms with van der Waals surface area (Å²) in [5.41, 5.74) is 3.44. The van der Waals surface area contributed by atoms with Crippen LogP contribution in [0.3, 0.4) is 0 Å². The van der Waals surface area contributed by atoms with E-state index in [0.29, 0.717) is 19.7 Å². The minimum absolute atomic E-state index is 0.240. The molecule has 2 aromatic carbocycles. The van der Waals surface area contributed by atoms with Crippen LogP contribution in [0.25, 0.3) is 0 Å². The van der Waals surface area contributed by atoms with Gasteiger partial charge in [0, 0.05) is 25.3 Å². The van der Waals surface area contributed by atoms with E-state index in [1.54, 1.807) is 0 Å². The quantitative estimate of drug-likeness (QED) is 0.808. The van der Waals surface area contributed by atoms with E-state index in [-0.39, 0.29) is 6.09 Å². The number of fused-ring (bicyclic) bond motifs is 1. The number of amides is 1. The van der Waals surface area contributed by atoms with Crippen LogP contribution >= 0.6 is 0 Å². The second kappa shape index (κ2) is 8.56. The summed E-state index contributed by atoms with van der Waals surface area (Å²) in [5.74, 6) is 0. The Hall–Kier alpha value is -2.49. The van der Waals surface area contributed by atoms with Gasteiger partial charge in [0.25, 0.3) is 0 Å². The lowest BCUT2D eigenvalue weighted by molar-refractivity contribution is 0.0954. The lowest BCUT2D eigenvalue weighted by atomic mass is 10.1. The van der Waals surface area contributed by atoms with Gasteiger partial charge < -0.3 is 14.5 Å². The van der Waals surface area contributed by atoms with Crippen LogP contribution in [0.2, 0.25) is 0 Å². The van der Waals surface area contributed by atoms with E-state index in [4.69, 9.17) is 4.74 Å². The Bertz CT molecular complexity index is 687. The molecule has 4 heteroatoms. The Labute approximate surface area is 150 Å². The zero-order chi connectivity index (χ0) is 17.5. The first-order chi connectivity index (χ1) is 12.3. The third-order valence-electron chi connectivity index (χ3n) is 4.58. The summed E-state index contributed by atoms with van der Waals surface area (Å²) in [5, 5.41) is 0. The Morgan fingerprint density at radius 3 is 2.60 bits per heavy atom. The standard InChI is InChI=1S/C21H26N2O2/c1-2-3-13-22-14-15-23(16-19-11-7-8-12-20(19)22)21(24)25-17-18-9-5-4-6-10-18/h4-12H,2-3,13-17H2,1H3. The van der Waals surface area contributed by atoms with Gasteiger partial charge in [-0.3, -0.25) is 0 Å². The van der Waals surface area contributed by atoms with Gasteiger partial charge >= 0.3 is 6.09 Å². The minimum atomic E-state index is -0.240. The van der Waals surface area contributed by atoms with Gasteiger partial charge in [0.2, 0.25) is 0 Å². The summed E-state index contributed by atoms with van der Waals surface area (Å²) in [6, 6.07) is 18.2. The van der Waals surface area contributed by atoms with E-state index in [1.165, 1.54) is 17.7 Å². The summed E-state index contributed by atoms with van der Waals surface area (Å²) in [7, 11) is 0. The molecule has 1 amide bonds. The number of benzene rings is 2. The molecule has 0 fully saturated rings. The smallest absolute Gasteiger partial charge is 0.410 e. The second-order valence-electron chi connectivity index (χ2n) is 6.43. The summed E-state index contributed by atoms with van der Waals surface area (Å²) < 4.78 is 5.52. The highest BCUT2D eigenvalue weighted by Gasteiger charge is 2.23. The molecule has 0 bridgehead atoms. The molecule has 0 unspecified atom stereocenters. The van der Waals surface area contributed by atoms with Crippen molar-refractivity contribution in [3.8, 4) is 0 Å². The topological polar surface area (TPSA) is 32.8 Å². The maximum Gasteiger partial charge on any atom is 0.410 e. The number of hydrogen-bond donors (Lipinski definition) is 0. The fraction of sp³-hybridized carbons (Fsp3) is 0.381. The van der Waals surface area contributed by atoms with Crippen molar-refractivity contribution >= 4 is 11.8 Å². The van der Waals surface area contributed by atoms with E-state index in [2.05, 4.69) is 30.0 Å². The number of nitrogens with zero attached hydrogens (tertiary/aromatic N) is 2. The fourth-order valence-corrected chi connectivity index (χ4v) is 3.15. The highest BCUT2D eigenvalue weighted by molar-refractivity contribution is 5.69. The molecule has 1 heterocycles. The molecule has 132 valence electrons. The SMILES string of the molecule is CCCCN1CCN(C(=O)OCc2ccccc2)Cc2ccccc21. The Balaban J connectivity index is 1.67. The van der Waals surface area contributed by atoms with Crippen molar-refractivity contribution in [2.24, 2.45) is 0 Å². The predicted molar refractivity (Wildman–Crippen MR) is 101 cm³/mol. The van der Waals surface area contributed by atoms with Crippen molar-refractivity contribution < 1.29 is 9.53 Å². The van der Waals surface area contributed by atoms with Crippen LogP contribution in [0.5, 0.6) is 0 Å². The van der Waals surface area contributed by atoms with Crippen LogP contribution in [-0.2, 0) is 17.9 Å². The van der Waals surface area contributed by atoms with Gasteiger partial charge in [-0.2, -0.15) is 0 Å². The van der Waals surface area contributed by atoms with Gasteiger partial charge in [0.15, 0.2) is 0 Å². The fourth-order valence-electron chi connectivity index (χ4n) is 3.15. The number of carbonyl (C=O) groups excluding carboxylic acids is 1. The molecule has 4 nitrogen and oxygen atoms in total. The van der Waals surface area contributed by atoms with Gasteiger partial charge in [-0.15, -0.1) is 0 Å². The largest absolute Gasteiger partial charge is 0.445 e. The van der Waals surface area contributed by atoms with Crippen molar-refractivity contribution in [3.63, 3.8) is 0 Å². The molecule has 0 saturated heterocycles. The molecule has 0 aromatic heterocycles. The number of hydrogen-bond acceptors (Lipinski definition) is 3. The first-order valence-corrected chi connectivity index (χ1v) is 9.06. The van der Waals surface area contributed by atoms with Crippen LogP contribution < -0.4 is 4.90 Å². The van der Waals surface area contributed by atoms with Crippen molar-refractivity contribution in [1.82, 2.24) is 4.90 Å². The maximum atomic E-state index is 12.5. The molecular formula is C21H26N2O2. The van der Waals surface area contributed by atoms with E-state index < -0.39 is 0 Å². The van der Waals surface area contributed by atoms with E-state index in [1.807, 2.05) is 41.3 Å². The zero-order valence-corrected chi connectivity index (χ0v) is 14.9. The van der Waals surface area contributed by atoms with Crippen molar-refractivity contribution in [2.45, 2.75) is 32.9 Å². The van der Waals surface area contributed by atoms with E-state index in [9.17, 15) is 4.79 Å². The summed E-state index contributed by atoms with van der Waals surface area (Å²) in [6.07, 6.45) is 2.09. The normalized spacial score (nSPS) is 14.0. The van der Waals surface area contributed by atoms with Crippen molar-refractivity contribution in [3.05, 3.63) is 65.7 Å². The first-order valence-electron chi connectivity index (χ1n) is 9.06. The van der Waals surface area contributed by atoms with Gasteiger partial charge in [0.1, 0.15) is 6.61 Å². The molecule has 2 aromatic rings. The van der Waals surface area contributed by atoms with Gasteiger partial charge in [-0.1, -0.05) is 61.9 Å². The molecule has 3 rings (SSSR count). The highest BCUT2D eigenvalue weighted by atomic mass is 16.6. The first kappa shape index (κ1) is 17.3. The van der Waals surface area contributed by atoms with Crippen molar-refractivity contribution in [2.75, 3.05) is 24.5 Å². The van der Waals surface area contributed by atoms with Crippen LogP contribution in [0.15, 0.2) is 54.6 Å². The average Bonchev–Trinajstić information content (AvgIpc) is 2.85. The Morgan fingerprint density at radius 2 is 1.80 bits per heavy atom. The number of rotatable bonds is 5. The number of para-hydroxylation sites is 1. The number of ether oxygens (including phenoxy) is 1. The molecule has 1 aliphatic heterocycles. The van der Waals surface area contributed by atoms with Crippen LogP contribution in [-0.4, -0.2) is 30.6 Å². The monoisotopic (exact) mass is 338 g/mol. The summed E-state index contributed by atoms with van der Waals surface area (Å²) in [6.45, 7) is 5.69. The van der Waals surface area contributed by atoms with E-state index >= 15 is 0 Å². The van der Waals surface area contributed by atoms with Crippen LogP contribution in [0.4, 0.5) is 10.5 Å². The number of carbonyl (C=O) groups is 1. The summed E-state index contributed by atoms with van der Waals surface area (Å²) >= 11 is 0. The number of anilines is 1. The van der Waals surface area contributed by atoms with Crippen LogP contribution in [0.1, 0.15) is 30.9 Å². The summed E-state index contributed by atoms with van der Waals surface area (Å²) in [4.78, 5) is 16.7.